The number of hydrogen-bond acceptors (Lipinski definition) is 3. The van der Waals surface area contributed by atoms with Gasteiger partial charge in [0.05, 0.1) is 12.5 Å². The van der Waals surface area contributed by atoms with E-state index in [1.165, 1.54) is 4.90 Å². The third-order valence-corrected chi connectivity index (χ3v) is 4.69. The molecular weight excluding hydrogens is 292 g/mol. The van der Waals surface area contributed by atoms with E-state index in [1.54, 1.807) is 28.1 Å². The molecule has 0 radical (unpaired) electrons. The summed E-state index contributed by atoms with van der Waals surface area (Å²) in [4.78, 5) is 26.5. The van der Waals surface area contributed by atoms with Crippen molar-refractivity contribution < 1.29 is 14.3 Å². The van der Waals surface area contributed by atoms with Gasteiger partial charge in [-0.05, 0) is 37.5 Å². The molecule has 1 aliphatic carbocycles. The van der Waals surface area contributed by atoms with E-state index in [-0.39, 0.29) is 11.8 Å². The van der Waals surface area contributed by atoms with Crippen LogP contribution in [0.5, 0.6) is 5.75 Å². The fraction of sp³-hybridized carbons (Fsp3) is 0.556. The van der Waals surface area contributed by atoms with Gasteiger partial charge in [0.2, 0.25) is 11.8 Å². The fourth-order valence-corrected chi connectivity index (χ4v) is 3.32. The molecule has 0 bridgehead atoms. The molecular formula is C18H26N2O3. The molecule has 5 nitrogen and oxygen atoms in total. The highest BCUT2D eigenvalue weighted by molar-refractivity contribution is 5.93. The Bertz CT molecular complexity index is 560. The topological polar surface area (TPSA) is 58.6 Å². The van der Waals surface area contributed by atoms with Gasteiger partial charge in [-0.3, -0.25) is 9.59 Å². The zero-order valence-electron chi connectivity index (χ0n) is 14.4. The van der Waals surface area contributed by atoms with Crippen LogP contribution >= 0.6 is 0 Å². The summed E-state index contributed by atoms with van der Waals surface area (Å²) in [5.74, 6) is 0.627. The molecule has 0 saturated heterocycles. The van der Waals surface area contributed by atoms with Crippen LogP contribution in [0, 0.1) is 0 Å². The van der Waals surface area contributed by atoms with Gasteiger partial charge < -0.3 is 15.0 Å². The predicted octanol–water partition coefficient (Wildman–Crippen LogP) is 2.10. The van der Waals surface area contributed by atoms with Crippen LogP contribution in [0.2, 0.25) is 0 Å². The van der Waals surface area contributed by atoms with E-state index >= 15 is 0 Å². The first kappa shape index (κ1) is 17.3. The number of methoxy groups -OCH3 is 1. The normalized spacial score (nSPS) is 17.4. The number of nitrogens with zero attached hydrogens (tertiary/aromatic N) is 1. The lowest BCUT2D eigenvalue weighted by molar-refractivity contribution is -0.135. The molecule has 1 saturated carbocycles. The zero-order chi connectivity index (χ0) is 17.0. The summed E-state index contributed by atoms with van der Waals surface area (Å²) in [5.41, 5.74) is 0.463. The lowest BCUT2D eigenvalue weighted by Crippen LogP contribution is -2.51. The Morgan fingerprint density at radius 3 is 2.22 bits per heavy atom. The van der Waals surface area contributed by atoms with Crippen LogP contribution < -0.4 is 10.1 Å². The van der Waals surface area contributed by atoms with Crippen molar-refractivity contribution in [2.24, 2.45) is 0 Å². The number of amides is 2. The fourth-order valence-electron chi connectivity index (χ4n) is 3.32. The second kappa shape index (κ2) is 7.02. The number of likely N-dealkylation sites (N-methyl/N-ethyl adjacent to an activating group) is 1. The molecule has 1 fully saturated rings. The van der Waals surface area contributed by atoms with Gasteiger partial charge in [0.25, 0.3) is 0 Å². The molecule has 1 aromatic carbocycles. The van der Waals surface area contributed by atoms with Gasteiger partial charge in [-0.1, -0.05) is 25.0 Å². The summed E-state index contributed by atoms with van der Waals surface area (Å²) in [6.45, 7) is 1.73. The van der Waals surface area contributed by atoms with E-state index in [0.717, 1.165) is 37.0 Å². The Kier molecular flexibility index (Phi) is 5.29. The molecule has 0 unspecified atom stereocenters. The Labute approximate surface area is 138 Å². The van der Waals surface area contributed by atoms with Gasteiger partial charge in [0.15, 0.2) is 0 Å². The minimum atomic E-state index is -0.535. The molecule has 2 rings (SSSR count). The van der Waals surface area contributed by atoms with E-state index in [9.17, 15) is 9.59 Å². The number of hydrogen-bond donors (Lipinski definition) is 1. The van der Waals surface area contributed by atoms with Crippen molar-refractivity contribution in [1.82, 2.24) is 10.2 Å². The van der Waals surface area contributed by atoms with E-state index in [2.05, 4.69) is 5.32 Å². The van der Waals surface area contributed by atoms with Crippen LogP contribution in [0.15, 0.2) is 24.3 Å². The summed E-state index contributed by atoms with van der Waals surface area (Å²) in [5, 5.41) is 2.91. The van der Waals surface area contributed by atoms with Gasteiger partial charge in [-0.2, -0.15) is 0 Å². The largest absolute Gasteiger partial charge is 0.497 e. The lowest BCUT2D eigenvalue weighted by atomic mass is 9.77. The number of benzene rings is 1. The van der Waals surface area contributed by atoms with Gasteiger partial charge in [-0.25, -0.2) is 0 Å². The third-order valence-electron chi connectivity index (χ3n) is 4.69. The van der Waals surface area contributed by atoms with Crippen LogP contribution in [-0.2, 0) is 15.0 Å². The van der Waals surface area contributed by atoms with Crippen LogP contribution in [-0.4, -0.2) is 44.0 Å². The second-order valence-electron chi connectivity index (χ2n) is 6.45. The molecule has 2 amide bonds. The Morgan fingerprint density at radius 1 is 1.17 bits per heavy atom. The van der Waals surface area contributed by atoms with Crippen molar-refractivity contribution in [2.45, 2.75) is 44.1 Å². The van der Waals surface area contributed by atoms with Gasteiger partial charge in [0.1, 0.15) is 11.8 Å². The number of ether oxygens (including phenoxy) is 1. The number of nitrogens with one attached hydrogen (secondary N) is 1. The maximum Gasteiger partial charge on any atom is 0.244 e. The molecule has 1 aliphatic rings. The van der Waals surface area contributed by atoms with E-state index in [0.29, 0.717) is 0 Å². The highest BCUT2D eigenvalue weighted by Crippen LogP contribution is 2.41. The molecule has 1 aromatic rings. The van der Waals surface area contributed by atoms with Gasteiger partial charge in [-0.15, -0.1) is 0 Å². The summed E-state index contributed by atoms with van der Waals surface area (Å²) >= 11 is 0. The highest BCUT2D eigenvalue weighted by Gasteiger charge is 2.43. The van der Waals surface area contributed by atoms with Crippen molar-refractivity contribution >= 4 is 11.8 Å². The maximum atomic E-state index is 12.9. The molecule has 1 N–H and O–H groups in total. The molecule has 0 spiro atoms. The first-order valence-electron chi connectivity index (χ1n) is 8.07. The molecule has 0 aliphatic heterocycles. The lowest BCUT2D eigenvalue weighted by Gasteiger charge is -2.30. The second-order valence-corrected chi connectivity index (χ2v) is 6.45. The summed E-state index contributed by atoms with van der Waals surface area (Å²) in [7, 11) is 5.02. The molecule has 0 aromatic heterocycles. The highest BCUT2D eigenvalue weighted by atomic mass is 16.5. The van der Waals surface area contributed by atoms with Crippen molar-refractivity contribution in [3.8, 4) is 5.75 Å². The molecule has 126 valence electrons. The molecule has 23 heavy (non-hydrogen) atoms. The first-order chi connectivity index (χ1) is 10.9. The quantitative estimate of drug-likeness (QED) is 0.904. The predicted molar refractivity (Wildman–Crippen MR) is 89.4 cm³/mol. The van der Waals surface area contributed by atoms with Crippen LogP contribution in [0.1, 0.15) is 38.2 Å². The average molecular weight is 318 g/mol. The molecule has 5 heteroatoms. The monoisotopic (exact) mass is 318 g/mol. The minimum absolute atomic E-state index is 0.0529. The first-order valence-corrected chi connectivity index (χ1v) is 8.07. The zero-order valence-corrected chi connectivity index (χ0v) is 14.4. The summed E-state index contributed by atoms with van der Waals surface area (Å²) in [6.07, 6.45) is 3.67. The van der Waals surface area contributed by atoms with Crippen LogP contribution in [0.25, 0.3) is 0 Å². The Hall–Kier alpha value is -2.04. The summed E-state index contributed by atoms with van der Waals surface area (Å²) in [6, 6.07) is 7.17. The van der Waals surface area contributed by atoms with Crippen molar-refractivity contribution in [1.29, 1.82) is 0 Å². The maximum absolute atomic E-state index is 12.9. The third kappa shape index (κ3) is 3.49. The van der Waals surface area contributed by atoms with Gasteiger partial charge >= 0.3 is 0 Å². The SMILES string of the molecule is COc1ccc(C2(C(=O)N[C@H](C)C(=O)N(C)C)CCCC2)cc1. The van der Waals surface area contributed by atoms with Crippen LogP contribution in [0.4, 0.5) is 0 Å². The van der Waals surface area contributed by atoms with E-state index in [4.69, 9.17) is 4.74 Å². The Morgan fingerprint density at radius 2 is 1.74 bits per heavy atom. The van der Waals surface area contributed by atoms with E-state index < -0.39 is 11.5 Å². The number of carbonyl (C=O) groups is 2. The average Bonchev–Trinajstić information content (AvgIpc) is 3.05. The number of rotatable bonds is 5. The Balaban J connectivity index is 2.22. The van der Waals surface area contributed by atoms with Crippen molar-refractivity contribution in [3.63, 3.8) is 0 Å². The smallest absolute Gasteiger partial charge is 0.244 e. The molecule has 0 heterocycles. The van der Waals surface area contributed by atoms with Crippen molar-refractivity contribution in [2.75, 3.05) is 21.2 Å². The minimum Gasteiger partial charge on any atom is -0.497 e. The summed E-state index contributed by atoms with van der Waals surface area (Å²) < 4.78 is 5.20. The van der Waals surface area contributed by atoms with Crippen LogP contribution in [0.3, 0.4) is 0 Å². The van der Waals surface area contributed by atoms with Crippen molar-refractivity contribution in [3.05, 3.63) is 29.8 Å². The van der Waals surface area contributed by atoms with E-state index in [1.807, 2.05) is 24.3 Å². The molecule has 1 atom stereocenters. The standard InChI is InChI=1S/C18H26N2O3/c1-13(16(21)20(2)3)19-17(22)18(11-5-6-12-18)14-7-9-15(23-4)10-8-14/h7-10,13H,5-6,11-12H2,1-4H3,(H,19,22)/t13-/m1/s1. The number of carbonyl (C=O) groups excluding carboxylic acids is 2. The van der Waals surface area contributed by atoms with Gasteiger partial charge in [0, 0.05) is 14.1 Å².